The number of carbonyl (C=O) groups is 4. The number of epoxide rings is 1. The van der Waals surface area contributed by atoms with E-state index in [2.05, 4.69) is 0 Å². The van der Waals surface area contributed by atoms with Crippen molar-refractivity contribution in [3.63, 3.8) is 0 Å². The third kappa shape index (κ3) is 2.57. The van der Waals surface area contributed by atoms with E-state index in [9.17, 15) is 19.2 Å². The Hall–Kier alpha value is -2.46. The third-order valence-electron chi connectivity index (χ3n) is 9.75. The van der Waals surface area contributed by atoms with Gasteiger partial charge in [-0.3, -0.25) is 19.2 Å². The van der Waals surface area contributed by atoms with Crippen LogP contribution in [0.25, 0.3) is 0 Å². The number of carbonyl (C=O) groups excluding carboxylic acids is 4. The molecule has 4 bridgehead atoms. The standard InChI is InChI=1S/C25H30O10/c1-13(26)33-16-6-8-25-15-5-7-23(34-14(2)27)9-22(15,10-24(23)11-32-24)17(19(28)31-12-30-4)18(25)21(16,3)20(29)35-25/h6,8,15-18H,5,7,9-12H2,1-4H3/t15-,16+,17-,18-,21-,22-,23+,24+,25-/m1/s1. The summed E-state index contributed by atoms with van der Waals surface area (Å²) in [5, 5.41) is 0. The number of hydrogen-bond donors (Lipinski definition) is 0. The summed E-state index contributed by atoms with van der Waals surface area (Å²) < 4.78 is 34.3. The molecule has 10 heteroatoms. The second-order valence-electron chi connectivity index (χ2n) is 11.3. The molecule has 6 rings (SSSR count). The van der Waals surface area contributed by atoms with Crippen molar-refractivity contribution in [1.29, 1.82) is 0 Å². The van der Waals surface area contributed by atoms with Crippen LogP contribution in [0.4, 0.5) is 0 Å². The summed E-state index contributed by atoms with van der Waals surface area (Å²) >= 11 is 0. The van der Waals surface area contributed by atoms with Crippen LogP contribution in [0.5, 0.6) is 0 Å². The van der Waals surface area contributed by atoms with Gasteiger partial charge in [0.05, 0.1) is 12.5 Å². The third-order valence-corrected chi connectivity index (χ3v) is 9.75. The molecule has 4 aliphatic carbocycles. The maximum atomic E-state index is 13.8. The highest BCUT2D eigenvalue weighted by molar-refractivity contribution is 5.87. The van der Waals surface area contributed by atoms with Crippen LogP contribution in [0.1, 0.15) is 46.5 Å². The molecule has 3 saturated carbocycles. The molecular weight excluding hydrogens is 460 g/mol. The van der Waals surface area contributed by atoms with E-state index in [-0.39, 0.29) is 12.7 Å². The fourth-order valence-corrected chi connectivity index (χ4v) is 8.75. The second kappa shape index (κ2) is 6.85. The lowest BCUT2D eigenvalue weighted by atomic mass is 9.61. The molecule has 0 aromatic carbocycles. The Morgan fingerprint density at radius 1 is 1.17 bits per heavy atom. The van der Waals surface area contributed by atoms with Gasteiger partial charge in [-0.15, -0.1) is 0 Å². The van der Waals surface area contributed by atoms with Gasteiger partial charge in [-0.2, -0.15) is 0 Å². The number of rotatable bonds is 5. The molecule has 0 aromatic rings. The summed E-state index contributed by atoms with van der Waals surface area (Å²) in [4.78, 5) is 51.3. The van der Waals surface area contributed by atoms with Crippen molar-refractivity contribution < 1.29 is 47.6 Å². The molecule has 2 heterocycles. The summed E-state index contributed by atoms with van der Waals surface area (Å²) in [5.41, 5.74) is -4.55. The Labute approximate surface area is 202 Å². The molecule has 9 atom stereocenters. The van der Waals surface area contributed by atoms with Gasteiger partial charge in [0.1, 0.15) is 28.3 Å². The van der Waals surface area contributed by atoms with Gasteiger partial charge < -0.3 is 28.4 Å². The number of methoxy groups -OCH3 is 1. The van der Waals surface area contributed by atoms with Gasteiger partial charge in [0.25, 0.3) is 0 Å². The monoisotopic (exact) mass is 490 g/mol. The SMILES string of the molecule is COCOC(=O)[C@H]1[C@H]2[C@@]3(C=C[C@H](OC(C)=O)[C@@]2(C)C(=O)O3)[C@@H]2CC[C@]3(OC(C)=O)C[C@@]21C[C@]31CO1. The average molecular weight is 491 g/mol. The molecule has 5 fully saturated rings. The van der Waals surface area contributed by atoms with Crippen molar-refractivity contribution in [2.45, 2.75) is 69.4 Å². The van der Waals surface area contributed by atoms with Gasteiger partial charge >= 0.3 is 23.9 Å². The highest BCUT2D eigenvalue weighted by atomic mass is 16.7. The van der Waals surface area contributed by atoms with Crippen molar-refractivity contribution >= 4 is 23.9 Å². The van der Waals surface area contributed by atoms with Gasteiger partial charge in [-0.25, -0.2) is 0 Å². The highest BCUT2D eigenvalue weighted by Gasteiger charge is 2.88. The smallest absolute Gasteiger partial charge is 0.317 e. The summed E-state index contributed by atoms with van der Waals surface area (Å²) in [7, 11) is 1.43. The minimum absolute atomic E-state index is 0.215. The summed E-state index contributed by atoms with van der Waals surface area (Å²) in [6, 6.07) is 0. The van der Waals surface area contributed by atoms with Crippen molar-refractivity contribution in [1.82, 2.24) is 0 Å². The maximum Gasteiger partial charge on any atom is 0.317 e. The van der Waals surface area contributed by atoms with Gasteiger partial charge in [-0.05, 0) is 50.2 Å². The Morgan fingerprint density at radius 2 is 1.91 bits per heavy atom. The largest absolute Gasteiger partial charge is 0.457 e. The van der Waals surface area contributed by atoms with Crippen molar-refractivity contribution in [3.8, 4) is 0 Å². The van der Waals surface area contributed by atoms with Gasteiger partial charge in [0.15, 0.2) is 6.79 Å². The van der Waals surface area contributed by atoms with Crippen LogP contribution in [0.2, 0.25) is 0 Å². The molecule has 35 heavy (non-hydrogen) atoms. The van der Waals surface area contributed by atoms with Crippen molar-refractivity contribution in [2.24, 2.45) is 28.6 Å². The molecule has 2 aliphatic heterocycles. The van der Waals surface area contributed by atoms with Crippen LogP contribution in [0, 0.1) is 28.6 Å². The lowest BCUT2D eigenvalue weighted by molar-refractivity contribution is -0.177. The molecular formula is C25H30O10. The number of esters is 4. The molecule has 0 N–H and O–H groups in total. The number of fused-ring (bicyclic) bond motifs is 2. The van der Waals surface area contributed by atoms with E-state index in [0.29, 0.717) is 32.3 Å². The Kier molecular flexibility index (Phi) is 4.49. The van der Waals surface area contributed by atoms with Crippen molar-refractivity contribution in [2.75, 3.05) is 20.5 Å². The minimum Gasteiger partial charge on any atom is -0.457 e. The van der Waals surface area contributed by atoms with Crippen LogP contribution in [-0.2, 0) is 47.6 Å². The lowest BCUT2D eigenvalue weighted by Crippen LogP contribution is -2.52. The van der Waals surface area contributed by atoms with E-state index in [1.165, 1.54) is 21.0 Å². The first kappa shape index (κ1) is 23.0. The molecule has 10 nitrogen and oxygen atoms in total. The predicted molar refractivity (Wildman–Crippen MR) is 114 cm³/mol. The summed E-state index contributed by atoms with van der Waals surface area (Å²) in [6.07, 6.45) is 4.69. The first-order chi connectivity index (χ1) is 16.5. The van der Waals surface area contributed by atoms with Gasteiger partial charge in [0.2, 0.25) is 0 Å². The number of hydrogen-bond acceptors (Lipinski definition) is 10. The maximum absolute atomic E-state index is 13.8. The first-order valence-corrected chi connectivity index (χ1v) is 12.1. The van der Waals surface area contributed by atoms with Gasteiger partial charge in [-0.1, -0.05) is 0 Å². The molecule has 0 radical (unpaired) electrons. The van der Waals surface area contributed by atoms with Crippen LogP contribution >= 0.6 is 0 Å². The second-order valence-corrected chi connectivity index (χ2v) is 11.3. The summed E-state index contributed by atoms with van der Waals surface area (Å²) in [5.74, 6) is -3.54. The molecule has 0 aromatic heterocycles. The summed E-state index contributed by atoms with van der Waals surface area (Å²) in [6.45, 7) is 4.59. The van der Waals surface area contributed by atoms with E-state index in [0.717, 1.165) is 0 Å². The Balaban J connectivity index is 1.52. The zero-order chi connectivity index (χ0) is 25.0. The molecule has 0 unspecified atom stereocenters. The predicted octanol–water partition coefficient (Wildman–Crippen LogP) is 1.44. The minimum atomic E-state index is -1.28. The van der Waals surface area contributed by atoms with E-state index in [1.54, 1.807) is 13.0 Å². The first-order valence-electron chi connectivity index (χ1n) is 12.1. The lowest BCUT2D eigenvalue weighted by Gasteiger charge is -2.45. The molecule has 0 amide bonds. The fraction of sp³-hybridized carbons (Fsp3) is 0.760. The average Bonchev–Trinajstić information content (AvgIpc) is 3.43. The molecule has 2 spiro atoms. The zero-order valence-corrected chi connectivity index (χ0v) is 20.3. The van der Waals surface area contributed by atoms with E-state index in [4.69, 9.17) is 28.4 Å². The molecule has 190 valence electrons. The topological polar surface area (TPSA) is 127 Å². The van der Waals surface area contributed by atoms with Crippen LogP contribution in [0.3, 0.4) is 0 Å². The molecule has 2 saturated heterocycles. The van der Waals surface area contributed by atoms with E-state index < -0.39 is 69.5 Å². The highest BCUT2D eigenvalue weighted by Crippen LogP contribution is 2.80. The van der Waals surface area contributed by atoms with E-state index in [1.807, 2.05) is 6.08 Å². The zero-order valence-electron chi connectivity index (χ0n) is 20.3. The number of ether oxygens (including phenoxy) is 6. The van der Waals surface area contributed by atoms with Crippen molar-refractivity contribution in [3.05, 3.63) is 12.2 Å². The van der Waals surface area contributed by atoms with Crippen LogP contribution < -0.4 is 0 Å². The molecule has 6 aliphatic rings. The Morgan fingerprint density at radius 3 is 2.54 bits per heavy atom. The van der Waals surface area contributed by atoms with E-state index >= 15 is 0 Å². The Bertz CT molecular complexity index is 1060. The quantitative estimate of drug-likeness (QED) is 0.184. The fourth-order valence-electron chi connectivity index (χ4n) is 8.75. The normalized spacial score (nSPS) is 49.8. The van der Waals surface area contributed by atoms with Crippen LogP contribution in [-0.4, -0.2) is 67.3 Å². The van der Waals surface area contributed by atoms with Gasteiger partial charge in [0, 0.05) is 32.8 Å². The van der Waals surface area contributed by atoms with Crippen LogP contribution in [0.15, 0.2) is 12.2 Å².